The molecule has 3 N–H and O–H groups in total. The Morgan fingerprint density at radius 3 is 3.00 bits per heavy atom. The second kappa shape index (κ2) is 7.40. The molecule has 0 aromatic carbocycles. The van der Waals surface area contributed by atoms with Gasteiger partial charge in [-0.3, -0.25) is 9.59 Å². The van der Waals surface area contributed by atoms with Crippen LogP contribution in [0.5, 0.6) is 0 Å². The molecule has 1 unspecified atom stereocenters. The highest BCUT2D eigenvalue weighted by molar-refractivity contribution is 7.12. The number of amides is 2. The summed E-state index contributed by atoms with van der Waals surface area (Å²) in [6, 6.07) is 3.84. The molecule has 20 heavy (non-hydrogen) atoms. The summed E-state index contributed by atoms with van der Waals surface area (Å²) in [6.45, 7) is 1.65. The minimum Gasteiger partial charge on any atom is -0.354 e. The number of hydrogen-bond acceptors (Lipinski definition) is 4. The monoisotopic (exact) mass is 295 g/mol. The molecule has 0 radical (unpaired) electrons. The Labute approximate surface area is 123 Å². The van der Waals surface area contributed by atoms with Gasteiger partial charge in [0.1, 0.15) is 0 Å². The maximum Gasteiger partial charge on any atom is 0.264 e. The molecular weight excluding hydrogens is 274 g/mol. The van der Waals surface area contributed by atoms with Crippen molar-refractivity contribution in [3.63, 3.8) is 0 Å². The van der Waals surface area contributed by atoms with Crippen LogP contribution in [-0.2, 0) is 4.79 Å². The van der Waals surface area contributed by atoms with Crippen molar-refractivity contribution in [1.29, 1.82) is 0 Å². The molecule has 110 valence electrons. The van der Waals surface area contributed by atoms with Gasteiger partial charge in [-0.15, -0.1) is 11.3 Å². The molecule has 0 bridgehead atoms. The maximum absolute atomic E-state index is 12.4. The summed E-state index contributed by atoms with van der Waals surface area (Å²) in [6.07, 6.45) is 3.42. The van der Waals surface area contributed by atoms with E-state index in [1.54, 1.807) is 0 Å². The van der Waals surface area contributed by atoms with Crippen molar-refractivity contribution in [2.24, 2.45) is 5.73 Å². The van der Waals surface area contributed by atoms with Gasteiger partial charge in [-0.2, -0.15) is 0 Å². The number of carbonyl (C=O) groups is 2. The fourth-order valence-corrected chi connectivity index (χ4v) is 3.15. The van der Waals surface area contributed by atoms with E-state index >= 15 is 0 Å². The van der Waals surface area contributed by atoms with E-state index in [0.29, 0.717) is 19.5 Å². The molecule has 1 aliphatic rings. The Morgan fingerprint density at radius 2 is 2.30 bits per heavy atom. The molecule has 1 saturated heterocycles. The topological polar surface area (TPSA) is 75.4 Å². The van der Waals surface area contributed by atoms with E-state index in [-0.39, 0.29) is 17.9 Å². The van der Waals surface area contributed by atoms with E-state index in [1.165, 1.54) is 11.3 Å². The van der Waals surface area contributed by atoms with Crippen LogP contribution in [0.2, 0.25) is 0 Å². The lowest BCUT2D eigenvalue weighted by atomic mass is 10.0. The third kappa shape index (κ3) is 3.80. The molecular formula is C14H21N3O2S. The molecule has 6 heteroatoms. The molecule has 2 amide bonds. The van der Waals surface area contributed by atoms with Crippen LogP contribution < -0.4 is 11.1 Å². The van der Waals surface area contributed by atoms with Crippen LogP contribution in [0.25, 0.3) is 0 Å². The molecule has 0 spiro atoms. The normalized spacial score (nSPS) is 18.9. The second-order valence-electron chi connectivity index (χ2n) is 4.97. The smallest absolute Gasteiger partial charge is 0.264 e. The molecule has 0 aliphatic carbocycles. The lowest BCUT2D eigenvalue weighted by molar-refractivity contribution is -0.121. The van der Waals surface area contributed by atoms with Crippen LogP contribution in [0.4, 0.5) is 0 Å². The van der Waals surface area contributed by atoms with Crippen molar-refractivity contribution in [1.82, 2.24) is 10.2 Å². The number of likely N-dealkylation sites (tertiary alicyclic amines) is 1. The Balaban J connectivity index is 1.95. The third-order valence-corrected chi connectivity index (χ3v) is 4.38. The van der Waals surface area contributed by atoms with Crippen LogP contribution in [0, 0.1) is 0 Å². The van der Waals surface area contributed by atoms with Gasteiger partial charge >= 0.3 is 0 Å². The van der Waals surface area contributed by atoms with Crippen LogP contribution in [0.3, 0.4) is 0 Å². The van der Waals surface area contributed by atoms with Crippen LogP contribution in [-0.4, -0.2) is 42.4 Å². The van der Waals surface area contributed by atoms with E-state index in [2.05, 4.69) is 5.32 Å². The predicted octanol–water partition coefficient (Wildman–Crippen LogP) is 1.21. The Morgan fingerprint density at radius 1 is 1.45 bits per heavy atom. The van der Waals surface area contributed by atoms with Gasteiger partial charge < -0.3 is 16.0 Å². The fourth-order valence-electron chi connectivity index (χ4n) is 2.47. The van der Waals surface area contributed by atoms with E-state index in [0.717, 1.165) is 30.7 Å². The van der Waals surface area contributed by atoms with Gasteiger partial charge in [-0.05, 0) is 30.7 Å². The number of nitrogens with one attached hydrogen (secondary N) is 1. The summed E-state index contributed by atoms with van der Waals surface area (Å²) in [4.78, 5) is 26.6. The maximum atomic E-state index is 12.4. The molecule has 1 fully saturated rings. The summed E-state index contributed by atoms with van der Waals surface area (Å²) in [5.41, 5.74) is 5.35. The minimum atomic E-state index is -0.0402. The number of rotatable bonds is 5. The van der Waals surface area contributed by atoms with E-state index in [1.807, 2.05) is 22.4 Å². The van der Waals surface area contributed by atoms with Gasteiger partial charge in [-0.25, -0.2) is 0 Å². The predicted molar refractivity (Wildman–Crippen MR) is 79.7 cm³/mol. The van der Waals surface area contributed by atoms with Gasteiger partial charge in [0.15, 0.2) is 0 Å². The van der Waals surface area contributed by atoms with Gasteiger partial charge in [0.2, 0.25) is 5.91 Å². The molecule has 1 atom stereocenters. The summed E-state index contributed by atoms with van der Waals surface area (Å²) in [5.74, 6) is 0.0411. The van der Waals surface area contributed by atoms with Crippen LogP contribution >= 0.6 is 11.3 Å². The fraction of sp³-hybridized carbons (Fsp3) is 0.571. The molecule has 2 heterocycles. The first-order valence-electron chi connectivity index (χ1n) is 7.03. The zero-order chi connectivity index (χ0) is 14.4. The van der Waals surface area contributed by atoms with Crippen molar-refractivity contribution >= 4 is 23.2 Å². The van der Waals surface area contributed by atoms with Crippen molar-refractivity contribution in [3.8, 4) is 0 Å². The SMILES string of the molecule is NCCC(=O)NCC1CCCCN1C(=O)c1cccs1. The first-order valence-corrected chi connectivity index (χ1v) is 7.91. The average Bonchev–Trinajstić information content (AvgIpc) is 2.99. The van der Waals surface area contributed by atoms with Gasteiger partial charge in [-0.1, -0.05) is 6.07 Å². The molecule has 1 aromatic heterocycles. The Kier molecular flexibility index (Phi) is 5.55. The third-order valence-electron chi connectivity index (χ3n) is 3.53. The number of thiophene rings is 1. The average molecular weight is 295 g/mol. The van der Waals surface area contributed by atoms with Crippen LogP contribution in [0.1, 0.15) is 35.4 Å². The number of piperidine rings is 1. The molecule has 1 aromatic rings. The number of hydrogen-bond donors (Lipinski definition) is 2. The first kappa shape index (κ1) is 15.0. The van der Waals surface area contributed by atoms with Crippen molar-refractivity contribution in [2.45, 2.75) is 31.7 Å². The molecule has 2 rings (SSSR count). The highest BCUT2D eigenvalue weighted by atomic mass is 32.1. The lowest BCUT2D eigenvalue weighted by Crippen LogP contribution is -2.49. The number of carbonyl (C=O) groups excluding carboxylic acids is 2. The standard InChI is InChI=1S/C14H21N3O2S/c15-7-6-13(18)16-10-11-4-1-2-8-17(11)14(19)12-5-3-9-20-12/h3,5,9,11H,1-2,4,6-8,10,15H2,(H,16,18). The highest BCUT2D eigenvalue weighted by Crippen LogP contribution is 2.21. The van der Waals surface area contributed by atoms with Crippen molar-refractivity contribution in [2.75, 3.05) is 19.6 Å². The Hall–Kier alpha value is -1.40. The van der Waals surface area contributed by atoms with E-state index in [9.17, 15) is 9.59 Å². The zero-order valence-corrected chi connectivity index (χ0v) is 12.3. The Bertz CT molecular complexity index is 447. The van der Waals surface area contributed by atoms with Gasteiger partial charge in [0.25, 0.3) is 5.91 Å². The largest absolute Gasteiger partial charge is 0.354 e. The quantitative estimate of drug-likeness (QED) is 0.857. The summed E-state index contributed by atoms with van der Waals surface area (Å²) >= 11 is 1.46. The zero-order valence-electron chi connectivity index (χ0n) is 11.5. The van der Waals surface area contributed by atoms with Gasteiger partial charge in [0, 0.05) is 32.1 Å². The van der Waals surface area contributed by atoms with Gasteiger partial charge in [0.05, 0.1) is 4.88 Å². The van der Waals surface area contributed by atoms with E-state index in [4.69, 9.17) is 5.73 Å². The van der Waals surface area contributed by atoms with E-state index < -0.39 is 0 Å². The lowest BCUT2D eigenvalue weighted by Gasteiger charge is -2.35. The number of nitrogens with two attached hydrogens (primary N) is 1. The van der Waals surface area contributed by atoms with Crippen LogP contribution in [0.15, 0.2) is 17.5 Å². The molecule has 0 saturated carbocycles. The summed E-state index contributed by atoms with van der Waals surface area (Å²) in [5, 5.41) is 4.79. The molecule has 1 aliphatic heterocycles. The van der Waals surface area contributed by atoms with Crippen molar-refractivity contribution < 1.29 is 9.59 Å². The first-order chi connectivity index (χ1) is 9.72. The number of nitrogens with zero attached hydrogens (tertiary/aromatic N) is 1. The minimum absolute atomic E-state index is 0.0402. The summed E-state index contributed by atoms with van der Waals surface area (Å²) < 4.78 is 0. The molecule has 5 nitrogen and oxygen atoms in total. The van der Waals surface area contributed by atoms with Crippen molar-refractivity contribution in [3.05, 3.63) is 22.4 Å². The highest BCUT2D eigenvalue weighted by Gasteiger charge is 2.28. The summed E-state index contributed by atoms with van der Waals surface area (Å²) in [7, 11) is 0. The second-order valence-corrected chi connectivity index (χ2v) is 5.92.